The summed E-state index contributed by atoms with van der Waals surface area (Å²) in [5.41, 5.74) is 4.55. The Kier molecular flexibility index (Phi) is 4.89. The lowest BCUT2D eigenvalue weighted by atomic mass is 9.94. The topological polar surface area (TPSA) is 46.5 Å². The number of benzene rings is 4. The molecule has 0 amide bonds. The molecule has 0 aliphatic heterocycles. The molecule has 136 valence electrons. The van der Waals surface area contributed by atoms with Crippen molar-refractivity contribution in [2.75, 3.05) is 0 Å². The van der Waals surface area contributed by atoms with Crippen molar-refractivity contribution in [3.63, 3.8) is 0 Å². The Bertz CT molecular complexity index is 1100. The predicted molar refractivity (Wildman–Crippen MR) is 111 cm³/mol. The van der Waals surface area contributed by atoms with Crippen molar-refractivity contribution in [1.29, 1.82) is 0 Å². The zero-order chi connectivity index (χ0) is 19.3. The number of para-hydroxylation sites is 1. The fourth-order valence-corrected chi connectivity index (χ4v) is 3.16. The number of rotatable bonds is 5. The number of hydrogen-bond acceptors (Lipinski definition) is 2. The van der Waals surface area contributed by atoms with E-state index in [4.69, 9.17) is 9.84 Å². The summed E-state index contributed by atoms with van der Waals surface area (Å²) in [5.74, 6) is 0.354. The number of ether oxygens (including phenoxy) is 1. The Hall–Kier alpha value is -3.85. The molecule has 4 rings (SSSR count). The van der Waals surface area contributed by atoms with Gasteiger partial charge < -0.3 is 9.84 Å². The third-order valence-corrected chi connectivity index (χ3v) is 4.52. The Balaban J connectivity index is 1.74. The van der Waals surface area contributed by atoms with Gasteiger partial charge in [0, 0.05) is 5.56 Å². The third kappa shape index (κ3) is 3.64. The quantitative estimate of drug-likeness (QED) is 0.438. The summed E-state index contributed by atoms with van der Waals surface area (Å²) in [4.78, 5) is 11.0. The highest BCUT2D eigenvalue weighted by molar-refractivity contribution is 5.88. The van der Waals surface area contributed by atoms with Crippen molar-refractivity contribution < 1.29 is 14.6 Å². The minimum Gasteiger partial charge on any atom is -0.478 e. The van der Waals surface area contributed by atoms with E-state index >= 15 is 0 Å². The summed E-state index contributed by atoms with van der Waals surface area (Å²) in [6, 6.07) is 32.7. The van der Waals surface area contributed by atoms with Gasteiger partial charge in [-0.2, -0.15) is 0 Å². The molecule has 0 saturated heterocycles. The highest BCUT2D eigenvalue weighted by Gasteiger charge is 2.12. The van der Waals surface area contributed by atoms with Crippen LogP contribution in [0.25, 0.3) is 22.3 Å². The van der Waals surface area contributed by atoms with Crippen molar-refractivity contribution in [1.82, 2.24) is 0 Å². The number of hydrogen-bond donors (Lipinski definition) is 1. The van der Waals surface area contributed by atoms with E-state index in [1.165, 1.54) is 12.1 Å². The third-order valence-electron chi connectivity index (χ3n) is 4.52. The average molecular weight is 366 g/mol. The minimum atomic E-state index is -0.955. The number of aromatic carboxylic acids is 1. The van der Waals surface area contributed by atoms with Gasteiger partial charge in [0.25, 0.3) is 0 Å². The fraction of sp³-hybridized carbons (Fsp3) is 0. The largest absolute Gasteiger partial charge is 0.478 e. The molecule has 0 unspecified atom stereocenters. The van der Waals surface area contributed by atoms with E-state index in [2.05, 4.69) is 24.3 Å². The van der Waals surface area contributed by atoms with Gasteiger partial charge in [0.2, 0.25) is 0 Å². The van der Waals surface area contributed by atoms with E-state index in [1.54, 1.807) is 12.1 Å². The smallest absolute Gasteiger partial charge is 0.335 e. The maximum Gasteiger partial charge on any atom is 0.335 e. The summed E-state index contributed by atoms with van der Waals surface area (Å²) in [6.07, 6.45) is 0. The summed E-state index contributed by atoms with van der Waals surface area (Å²) < 4.78 is 6.10. The highest BCUT2D eigenvalue weighted by atomic mass is 16.5. The Morgan fingerprint density at radius 1 is 0.607 bits per heavy atom. The molecule has 3 nitrogen and oxygen atoms in total. The molecule has 0 spiro atoms. The molecule has 0 fully saturated rings. The zero-order valence-electron chi connectivity index (χ0n) is 15.1. The van der Waals surface area contributed by atoms with Crippen molar-refractivity contribution in [2.45, 2.75) is 0 Å². The molecule has 28 heavy (non-hydrogen) atoms. The first-order chi connectivity index (χ1) is 13.7. The van der Waals surface area contributed by atoms with E-state index < -0.39 is 5.97 Å². The first-order valence-corrected chi connectivity index (χ1v) is 8.97. The van der Waals surface area contributed by atoms with Gasteiger partial charge in [0.1, 0.15) is 11.5 Å². The molecule has 0 atom stereocenters. The SMILES string of the molecule is O=C(O)c1ccc(Oc2ccccc2-c2ccccc2-c2ccccc2)cc1. The lowest BCUT2D eigenvalue weighted by molar-refractivity contribution is 0.0697. The van der Waals surface area contributed by atoms with Crippen LogP contribution in [0.5, 0.6) is 11.5 Å². The average Bonchev–Trinajstić information content (AvgIpc) is 2.75. The van der Waals surface area contributed by atoms with Crippen LogP contribution in [-0.2, 0) is 0 Å². The van der Waals surface area contributed by atoms with Crippen LogP contribution in [0, 0.1) is 0 Å². The molecular formula is C25H18O3. The van der Waals surface area contributed by atoms with E-state index in [9.17, 15) is 4.79 Å². The van der Waals surface area contributed by atoms with Gasteiger partial charge in [-0.15, -0.1) is 0 Å². The Morgan fingerprint density at radius 3 is 1.86 bits per heavy atom. The predicted octanol–water partition coefficient (Wildman–Crippen LogP) is 6.51. The van der Waals surface area contributed by atoms with Gasteiger partial charge in [-0.1, -0.05) is 72.8 Å². The number of carbonyl (C=O) groups is 1. The van der Waals surface area contributed by atoms with Crippen LogP contribution >= 0.6 is 0 Å². The Labute approximate surface area is 163 Å². The molecule has 0 heterocycles. The molecule has 0 bridgehead atoms. The van der Waals surface area contributed by atoms with Crippen LogP contribution in [0.4, 0.5) is 0 Å². The van der Waals surface area contributed by atoms with Gasteiger partial charge >= 0.3 is 5.97 Å². The molecule has 0 aliphatic carbocycles. The van der Waals surface area contributed by atoms with Crippen molar-refractivity contribution in [2.24, 2.45) is 0 Å². The van der Waals surface area contributed by atoms with Crippen LogP contribution < -0.4 is 4.74 Å². The summed E-state index contributed by atoms with van der Waals surface area (Å²) >= 11 is 0. The van der Waals surface area contributed by atoms with E-state index in [-0.39, 0.29) is 5.56 Å². The van der Waals surface area contributed by atoms with E-state index in [0.29, 0.717) is 11.5 Å². The van der Waals surface area contributed by atoms with Gasteiger partial charge in [-0.3, -0.25) is 0 Å². The van der Waals surface area contributed by atoms with Crippen molar-refractivity contribution in [3.8, 4) is 33.8 Å². The van der Waals surface area contributed by atoms with Gasteiger partial charge in [-0.05, 0) is 47.0 Å². The maximum absolute atomic E-state index is 11.0. The fourth-order valence-electron chi connectivity index (χ4n) is 3.16. The zero-order valence-corrected chi connectivity index (χ0v) is 15.1. The molecule has 1 N–H and O–H groups in total. The van der Waals surface area contributed by atoms with Gasteiger partial charge in [0.05, 0.1) is 5.56 Å². The lowest BCUT2D eigenvalue weighted by Crippen LogP contribution is -1.95. The van der Waals surface area contributed by atoms with Gasteiger partial charge in [-0.25, -0.2) is 4.79 Å². The summed E-state index contributed by atoms with van der Waals surface area (Å²) in [7, 11) is 0. The van der Waals surface area contributed by atoms with Crippen LogP contribution in [0.1, 0.15) is 10.4 Å². The molecule has 0 aromatic heterocycles. The Morgan fingerprint density at radius 2 is 1.18 bits per heavy atom. The van der Waals surface area contributed by atoms with E-state index in [0.717, 1.165) is 22.3 Å². The van der Waals surface area contributed by atoms with Crippen molar-refractivity contribution >= 4 is 5.97 Å². The normalized spacial score (nSPS) is 10.4. The van der Waals surface area contributed by atoms with Crippen LogP contribution in [0.2, 0.25) is 0 Å². The van der Waals surface area contributed by atoms with Crippen LogP contribution in [-0.4, -0.2) is 11.1 Å². The first-order valence-electron chi connectivity index (χ1n) is 8.97. The number of carboxylic acid groups (broad SMARTS) is 1. The molecule has 3 heteroatoms. The molecule has 0 aliphatic rings. The molecule has 0 saturated carbocycles. The monoisotopic (exact) mass is 366 g/mol. The second kappa shape index (κ2) is 7.80. The van der Waals surface area contributed by atoms with Crippen molar-refractivity contribution in [3.05, 3.63) is 109 Å². The summed E-state index contributed by atoms with van der Waals surface area (Å²) in [6.45, 7) is 0. The molecule has 4 aromatic rings. The van der Waals surface area contributed by atoms with Gasteiger partial charge in [0.15, 0.2) is 0 Å². The second-order valence-corrected chi connectivity index (χ2v) is 6.34. The molecule has 4 aromatic carbocycles. The second-order valence-electron chi connectivity index (χ2n) is 6.34. The maximum atomic E-state index is 11.0. The van der Waals surface area contributed by atoms with Crippen LogP contribution in [0.15, 0.2) is 103 Å². The highest BCUT2D eigenvalue weighted by Crippen LogP contribution is 2.38. The standard InChI is InChI=1S/C25H18O3/c26-25(27)19-14-16-20(17-15-19)28-24-13-7-6-12-23(24)22-11-5-4-10-21(22)18-8-2-1-3-9-18/h1-17H,(H,26,27). The van der Waals surface area contributed by atoms with Crippen LogP contribution in [0.3, 0.4) is 0 Å². The lowest BCUT2D eigenvalue weighted by Gasteiger charge is -2.15. The molecular weight excluding hydrogens is 348 g/mol. The number of carboxylic acids is 1. The minimum absolute atomic E-state index is 0.232. The first kappa shape index (κ1) is 17.6. The summed E-state index contributed by atoms with van der Waals surface area (Å²) in [5, 5.41) is 9.06. The van der Waals surface area contributed by atoms with E-state index in [1.807, 2.05) is 54.6 Å². The molecule has 0 radical (unpaired) electrons.